The first-order chi connectivity index (χ1) is 15.9. The highest BCUT2D eigenvalue weighted by molar-refractivity contribution is 7.80. The van der Waals surface area contributed by atoms with E-state index in [-0.39, 0.29) is 30.9 Å². The Labute approximate surface area is 203 Å². The molecule has 34 heavy (non-hydrogen) atoms. The van der Waals surface area contributed by atoms with E-state index >= 15 is 0 Å². The Morgan fingerprint density at radius 1 is 0.912 bits per heavy atom. The number of carbonyl (C=O) groups excluding carboxylic acids is 4. The molecular formula is C22H33N5O6S. The van der Waals surface area contributed by atoms with Crippen molar-refractivity contribution in [1.82, 2.24) is 16.0 Å². The van der Waals surface area contributed by atoms with Crippen molar-refractivity contribution in [2.24, 2.45) is 17.4 Å². The standard InChI is InChI=1S/C22H33N5O6S/c1-12(2)8-15(25-19(29)14(23)10-18(24)28)20(30)26-16(9-13-6-4-3-5-7-13)21(31)27-17(11-34)22(32)33/h3-7,12,14-17,34H,8-11,23H2,1-2H3,(H2,24,28)(H,25,29)(H,26,30)(H,27,31)(H,32,33). The SMILES string of the molecule is CC(C)CC(NC(=O)C(N)CC(N)=O)C(=O)NC(Cc1ccccc1)C(=O)NC(CS)C(=O)O. The summed E-state index contributed by atoms with van der Waals surface area (Å²) in [6.07, 6.45) is -0.0724. The van der Waals surface area contributed by atoms with Gasteiger partial charge in [-0.25, -0.2) is 4.79 Å². The topological polar surface area (TPSA) is 194 Å². The molecule has 0 aliphatic heterocycles. The maximum absolute atomic E-state index is 13.1. The molecular weight excluding hydrogens is 462 g/mol. The maximum atomic E-state index is 13.1. The van der Waals surface area contributed by atoms with Crippen LogP contribution in [-0.2, 0) is 30.4 Å². The number of hydrogen-bond donors (Lipinski definition) is 7. The van der Waals surface area contributed by atoms with Crippen molar-refractivity contribution >= 4 is 42.2 Å². The molecule has 0 aromatic heterocycles. The summed E-state index contributed by atoms with van der Waals surface area (Å²) in [5.74, 6) is -4.27. The number of carboxylic acids is 1. The number of amides is 4. The smallest absolute Gasteiger partial charge is 0.327 e. The Kier molecular flexibility index (Phi) is 12.1. The number of thiol groups is 1. The molecule has 0 spiro atoms. The minimum atomic E-state index is -1.26. The lowest BCUT2D eigenvalue weighted by molar-refractivity contribution is -0.141. The number of carbonyl (C=O) groups is 5. The molecule has 0 bridgehead atoms. The predicted molar refractivity (Wildman–Crippen MR) is 129 cm³/mol. The quantitative estimate of drug-likeness (QED) is 0.160. The second kappa shape index (κ2) is 14.2. The van der Waals surface area contributed by atoms with Crippen LogP contribution < -0.4 is 27.4 Å². The van der Waals surface area contributed by atoms with Crippen LogP contribution in [0.1, 0.15) is 32.3 Å². The average molecular weight is 496 g/mol. The molecule has 8 N–H and O–H groups in total. The fourth-order valence-corrected chi connectivity index (χ4v) is 3.33. The average Bonchev–Trinajstić information content (AvgIpc) is 2.75. The first-order valence-corrected chi connectivity index (χ1v) is 11.4. The number of nitrogens with one attached hydrogen (secondary N) is 3. The van der Waals surface area contributed by atoms with Gasteiger partial charge in [0.1, 0.15) is 18.1 Å². The Hall–Kier alpha value is -3.12. The van der Waals surface area contributed by atoms with Gasteiger partial charge in [0, 0.05) is 12.2 Å². The third-order valence-corrected chi connectivity index (χ3v) is 5.18. The number of benzene rings is 1. The molecule has 1 aromatic rings. The van der Waals surface area contributed by atoms with Crippen molar-refractivity contribution in [2.75, 3.05) is 5.75 Å². The van der Waals surface area contributed by atoms with E-state index < -0.39 is 53.8 Å². The molecule has 1 aromatic carbocycles. The monoisotopic (exact) mass is 495 g/mol. The molecule has 4 amide bonds. The molecule has 1 rings (SSSR count). The number of nitrogens with two attached hydrogens (primary N) is 2. The summed E-state index contributed by atoms with van der Waals surface area (Å²) in [5, 5.41) is 16.7. The van der Waals surface area contributed by atoms with E-state index in [1.807, 2.05) is 13.8 Å². The molecule has 11 nitrogen and oxygen atoms in total. The third-order valence-electron chi connectivity index (χ3n) is 4.81. The van der Waals surface area contributed by atoms with E-state index in [4.69, 9.17) is 11.5 Å². The zero-order valence-corrected chi connectivity index (χ0v) is 20.1. The predicted octanol–water partition coefficient (Wildman–Crippen LogP) is -1.05. The Morgan fingerprint density at radius 2 is 1.44 bits per heavy atom. The minimum absolute atomic E-state index is 0.00890. The fraction of sp³-hybridized carbons (Fsp3) is 0.500. The van der Waals surface area contributed by atoms with Gasteiger partial charge in [0.2, 0.25) is 23.6 Å². The van der Waals surface area contributed by atoms with Crippen LogP contribution >= 0.6 is 12.6 Å². The summed E-state index contributed by atoms with van der Waals surface area (Å²) in [5.41, 5.74) is 11.5. The zero-order chi connectivity index (χ0) is 25.8. The fourth-order valence-electron chi connectivity index (χ4n) is 3.08. The summed E-state index contributed by atoms with van der Waals surface area (Å²) < 4.78 is 0. The van der Waals surface area contributed by atoms with Crippen LogP contribution in [-0.4, -0.2) is 64.6 Å². The number of aliphatic carboxylic acids is 1. The lowest BCUT2D eigenvalue weighted by Gasteiger charge is -2.26. The Morgan fingerprint density at radius 3 is 1.94 bits per heavy atom. The summed E-state index contributed by atoms with van der Waals surface area (Å²) in [6.45, 7) is 3.68. The van der Waals surface area contributed by atoms with Crippen LogP contribution in [0.4, 0.5) is 0 Å². The van der Waals surface area contributed by atoms with E-state index in [0.29, 0.717) is 0 Å². The van der Waals surface area contributed by atoms with Crippen LogP contribution in [0.3, 0.4) is 0 Å². The first-order valence-electron chi connectivity index (χ1n) is 10.8. The number of carboxylic acid groups (broad SMARTS) is 1. The highest BCUT2D eigenvalue weighted by Crippen LogP contribution is 2.09. The molecule has 12 heteroatoms. The Balaban J connectivity index is 3.08. The van der Waals surface area contributed by atoms with Crippen LogP contribution in [0.25, 0.3) is 0 Å². The van der Waals surface area contributed by atoms with Crippen LogP contribution in [0.5, 0.6) is 0 Å². The van der Waals surface area contributed by atoms with E-state index in [2.05, 4.69) is 28.6 Å². The third kappa shape index (κ3) is 10.2. The molecule has 0 heterocycles. The van der Waals surface area contributed by atoms with Crippen molar-refractivity contribution in [3.8, 4) is 0 Å². The van der Waals surface area contributed by atoms with E-state index in [0.717, 1.165) is 5.56 Å². The van der Waals surface area contributed by atoms with Gasteiger partial charge in [-0.2, -0.15) is 12.6 Å². The lowest BCUT2D eigenvalue weighted by atomic mass is 10.0. The normalized spacial score (nSPS) is 14.4. The van der Waals surface area contributed by atoms with Crippen molar-refractivity contribution in [1.29, 1.82) is 0 Å². The van der Waals surface area contributed by atoms with Crippen molar-refractivity contribution in [3.63, 3.8) is 0 Å². The molecule has 4 unspecified atom stereocenters. The van der Waals surface area contributed by atoms with Gasteiger partial charge in [-0.05, 0) is 17.9 Å². The van der Waals surface area contributed by atoms with Gasteiger partial charge in [-0.15, -0.1) is 0 Å². The van der Waals surface area contributed by atoms with Gasteiger partial charge >= 0.3 is 5.97 Å². The van der Waals surface area contributed by atoms with Gasteiger partial charge in [-0.3, -0.25) is 19.2 Å². The maximum Gasteiger partial charge on any atom is 0.327 e. The number of primary amides is 1. The van der Waals surface area contributed by atoms with Crippen LogP contribution in [0.15, 0.2) is 30.3 Å². The van der Waals surface area contributed by atoms with Crippen molar-refractivity contribution in [2.45, 2.75) is 57.3 Å². The summed E-state index contributed by atoms with van der Waals surface area (Å²) in [4.78, 5) is 60.7. The van der Waals surface area contributed by atoms with Gasteiger partial charge in [0.25, 0.3) is 0 Å². The van der Waals surface area contributed by atoms with E-state index in [1.54, 1.807) is 30.3 Å². The molecule has 4 atom stereocenters. The summed E-state index contributed by atoms with van der Waals surface area (Å²) in [7, 11) is 0. The second-order valence-electron chi connectivity index (χ2n) is 8.30. The number of rotatable bonds is 14. The molecule has 0 saturated carbocycles. The van der Waals surface area contributed by atoms with Crippen molar-refractivity contribution in [3.05, 3.63) is 35.9 Å². The van der Waals surface area contributed by atoms with Gasteiger partial charge in [0.15, 0.2) is 0 Å². The molecule has 0 fully saturated rings. The van der Waals surface area contributed by atoms with Crippen LogP contribution in [0.2, 0.25) is 0 Å². The highest BCUT2D eigenvalue weighted by atomic mass is 32.1. The first kappa shape index (κ1) is 28.9. The second-order valence-corrected chi connectivity index (χ2v) is 8.67. The Bertz CT molecular complexity index is 867. The zero-order valence-electron chi connectivity index (χ0n) is 19.2. The van der Waals surface area contributed by atoms with Gasteiger partial charge in [0.05, 0.1) is 12.5 Å². The molecule has 0 aliphatic rings. The van der Waals surface area contributed by atoms with E-state index in [9.17, 15) is 29.1 Å². The molecule has 188 valence electrons. The van der Waals surface area contributed by atoms with Crippen LogP contribution in [0, 0.1) is 5.92 Å². The highest BCUT2D eigenvalue weighted by Gasteiger charge is 2.30. The lowest BCUT2D eigenvalue weighted by Crippen LogP contribution is -2.58. The van der Waals surface area contributed by atoms with Gasteiger partial charge in [-0.1, -0.05) is 44.2 Å². The van der Waals surface area contributed by atoms with Gasteiger partial charge < -0.3 is 32.5 Å². The summed E-state index contributed by atoms with van der Waals surface area (Å²) >= 11 is 3.94. The number of hydrogen-bond acceptors (Lipinski definition) is 7. The van der Waals surface area contributed by atoms with Crippen molar-refractivity contribution < 1.29 is 29.1 Å². The van der Waals surface area contributed by atoms with E-state index in [1.165, 1.54) is 0 Å². The molecule has 0 aliphatic carbocycles. The molecule has 0 saturated heterocycles. The molecule has 0 radical (unpaired) electrons. The minimum Gasteiger partial charge on any atom is -0.480 e. The largest absolute Gasteiger partial charge is 0.480 e. The summed E-state index contributed by atoms with van der Waals surface area (Å²) in [6, 6.07) is 4.21.